The molecule has 1 aromatic carbocycles. The number of nitrogens with two attached hydrogens (primary N) is 1. The third-order valence-electron chi connectivity index (χ3n) is 5.20. The molecule has 1 saturated heterocycles. The summed E-state index contributed by atoms with van der Waals surface area (Å²) in [4.78, 5) is 23.6. The largest absolute Gasteiger partial charge is 0.496 e. The molecule has 146 valence electrons. The number of likely N-dealkylation sites (tertiary alicyclic amines) is 1. The molecular formula is C20H24N6O2. The highest BCUT2D eigenvalue weighted by Gasteiger charge is 2.31. The smallest absolute Gasteiger partial charge is 0.227 e. The number of amides is 1. The Morgan fingerprint density at radius 3 is 2.93 bits per heavy atom. The van der Waals surface area contributed by atoms with Crippen LogP contribution in [0.2, 0.25) is 0 Å². The van der Waals surface area contributed by atoms with Crippen molar-refractivity contribution >= 4 is 17.1 Å². The SMILES string of the molecule is COc1ccccc1CC(=O)N1CCC(c2nn(CCN)c3nccnc23)C1. The molecule has 28 heavy (non-hydrogen) atoms. The molecule has 8 nitrogen and oxygen atoms in total. The summed E-state index contributed by atoms with van der Waals surface area (Å²) in [7, 11) is 1.62. The Morgan fingerprint density at radius 2 is 2.11 bits per heavy atom. The van der Waals surface area contributed by atoms with E-state index >= 15 is 0 Å². The highest BCUT2D eigenvalue weighted by molar-refractivity contribution is 5.80. The highest BCUT2D eigenvalue weighted by Crippen LogP contribution is 2.31. The molecule has 3 aromatic rings. The number of hydrogen-bond acceptors (Lipinski definition) is 6. The Bertz CT molecular complexity index is 986. The summed E-state index contributed by atoms with van der Waals surface area (Å²) in [6, 6.07) is 7.64. The van der Waals surface area contributed by atoms with E-state index in [0.29, 0.717) is 32.6 Å². The van der Waals surface area contributed by atoms with Gasteiger partial charge in [-0.3, -0.25) is 4.79 Å². The second-order valence-electron chi connectivity index (χ2n) is 6.94. The van der Waals surface area contributed by atoms with Crippen LogP contribution < -0.4 is 10.5 Å². The maximum absolute atomic E-state index is 12.8. The number of carbonyl (C=O) groups excluding carboxylic acids is 1. The van der Waals surface area contributed by atoms with Gasteiger partial charge >= 0.3 is 0 Å². The lowest BCUT2D eigenvalue weighted by molar-refractivity contribution is -0.129. The first-order chi connectivity index (χ1) is 13.7. The third kappa shape index (κ3) is 3.43. The van der Waals surface area contributed by atoms with Gasteiger partial charge in [0, 0.05) is 43.5 Å². The number of ether oxygens (including phenoxy) is 1. The Balaban J connectivity index is 1.51. The molecule has 1 aliphatic heterocycles. The molecular weight excluding hydrogens is 356 g/mol. The van der Waals surface area contributed by atoms with Crippen molar-refractivity contribution in [2.24, 2.45) is 5.73 Å². The van der Waals surface area contributed by atoms with Crippen molar-refractivity contribution in [3.63, 3.8) is 0 Å². The maximum Gasteiger partial charge on any atom is 0.227 e. The molecule has 0 radical (unpaired) electrons. The fourth-order valence-corrected chi connectivity index (χ4v) is 3.81. The van der Waals surface area contributed by atoms with Crippen molar-refractivity contribution in [1.82, 2.24) is 24.6 Å². The lowest BCUT2D eigenvalue weighted by Gasteiger charge is -2.17. The molecule has 3 heterocycles. The minimum atomic E-state index is 0.101. The Hall–Kier alpha value is -3.00. The normalized spacial score (nSPS) is 16.6. The molecule has 0 aliphatic carbocycles. The van der Waals surface area contributed by atoms with Crippen LogP contribution in [0.4, 0.5) is 0 Å². The van der Waals surface area contributed by atoms with E-state index in [1.54, 1.807) is 19.5 Å². The van der Waals surface area contributed by atoms with Crippen molar-refractivity contribution in [2.75, 3.05) is 26.7 Å². The molecule has 0 spiro atoms. The molecule has 1 atom stereocenters. The number of rotatable bonds is 6. The summed E-state index contributed by atoms with van der Waals surface area (Å²) in [5, 5.41) is 4.72. The predicted octanol–water partition coefficient (Wildman–Crippen LogP) is 1.35. The Kier molecular flexibility index (Phi) is 5.21. The zero-order valence-electron chi connectivity index (χ0n) is 15.9. The third-order valence-corrected chi connectivity index (χ3v) is 5.20. The van der Waals surface area contributed by atoms with Crippen LogP contribution in [0.15, 0.2) is 36.7 Å². The van der Waals surface area contributed by atoms with Crippen LogP contribution in [-0.2, 0) is 17.8 Å². The number of fused-ring (bicyclic) bond motifs is 1. The summed E-state index contributed by atoms with van der Waals surface area (Å²) in [5.74, 6) is 0.997. The summed E-state index contributed by atoms with van der Waals surface area (Å²) in [6.07, 6.45) is 4.54. The van der Waals surface area contributed by atoms with E-state index in [-0.39, 0.29) is 11.8 Å². The molecule has 0 bridgehead atoms. The second-order valence-corrected chi connectivity index (χ2v) is 6.94. The average molecular weight is 380 g/mol. The number of para-hydroxylation sites is 1. The Labute approximate surface area is 163 Å². The summed E-state index contributed by atoms with van der Waals surface area (Å²) in [5.41, 5.74) is 9.07. The molecule has 1 aliphatic rings. The molecule has 1 unspecified atom stereocenters. The van der Waals surface area contributed by atoms with Gasteiger partial charge in [-0.15, -0.1) is 0 Å². The van der Waals surface area contributed by atoms with E-state index in [0.717, 1.165) is 34.6 Å². The number of methoxy groups -OCH3 is 1. The van der Waals surface area contributed by atoms with Gasteiger partial charge in [0.1, 0.15) is 11.3 Å². The van der Waals surface area contributed by atoms with Crippen LogP contribution in [0.25, 0.3) is 11.2 Å². The lowest BCUT2D eigenvalue weighted by atomic mass is 10.0. The topological polar surface area (TPSA) is 99.2 Å². The lowest BCUT2D eigenvalue weighted by Crippen LogP contribution is -2.30. The van der Waals surface area contributed by atoms with Crippen molar-refractivity contribution in [3.8, 4) is 5.75 Å². The summed E-state index contributed by atoms with van der Waals surface area (Å²) < 4.78 is 7.18. The molecule has 1 amide bonds. The van der Waals surface area contributed by atoms with Gasteiger partial charge in [-0.05, 0) is 12.5 Å². The van der Waals surface area contributed by atoms with Crippen LogP contribution in [0.1, 0.15) is 23.6 Å². The fraction of sp³-hybridized carbons (Fsp3) is 0.400. The molecule has 2 N–H and O–H groups in total. The maximum atomic E-state index is 12.8. The first-order valence-corrected chi connectivity index (χ1v) is 9.48. The highest BCUT2D eigenvalue weighted by atomic mass is 16.5. The van der Waals surface area contributed by atoms with E-state index in [9.17, 15) is 4.79 Å². The van der Waals surface area contributed by atoms with E-state index in [1.807, 2.05) is 33.8 Å². The van der Waals surface area contributed by atoms with Gasteiger partial charge in [-0.1, -0.05) is 18.2 Å². The van der Waals surface area contributed by atoms with Gasteiger partial charge in [-0.25, -0.2) is 14.6 Å². The average Bonchev–Trinajstić information content (AvgIpc) is 3.34. The van der Waals surface area contributed by atoms with Crippen LogP contribution in [0, 0.1) is 0 Å². The van der Waals surface area contributed by atoms with Crippen molar-refractivity contribution < 1.29 is 9.53 Å². The molecule has 0 saturated carbocycles. The van der Waals surface area contributed by atoms with Gasteiger partial charge in [0.15, 0.2) is 5.65 Å². The van der Waals surface area contributed by atoms with Gasteiger partial charge in [0.05, 0.1) is 25.8 Å². The summed E-state index contributed by atoms with van der Waals surface area (Å²) in [6.45, 7) is 2.43. The molecule has 8 heteroatoms. The van der Waals surface area contributed by atoms with Crippen LogP contribution in [-0.4, -0.2) is 57.3 Å². The minimum absolute atomic E-state index is 0.101. The first-order valence-electron chi connectivity index (χ1n) is 9.48. The van der Waals surface area contributed by atoms with Crippen molar-refractivity contribution in [1.29, 1.82) is 0 Å². The van der Waals surface area contributed by atoms with Gasteiger partial charge < -0.3 is 15.4 Å². The van der Waals surface area contributed by atoms with E-state index in [4.69, 9.17) is 15.6 Å². The molecule has 1 fully saturated rings. The van der Waals surface area contributed by atoms with Crippen LogP contribution in [0.3, 0.4) is 0 Å². The number of aromatic nitrogens is 4. The van der Waals surface area contributed by atoms with Gasteiger partial charge in [-0.2, -0.15) is 5.10 Å². The molecule has 4 rings (SSSR count). The number of hydrogen-bond donors (Lipinski definition) is 1. The monoisotopic (exact) mass is 380 g/mol. The fourth-order valence-electron chi connectivity index (χ4n) is 3.81. The molecule has 2 aromatic heterocycles. The summed E-state index contributed by atoms with van der Waals surface area (Å²) >= 11 is 0. The van der Waals surface area contributed by atoms with Crippen LogP contribution in [0.5, 0.6) is 5.75 Å². The van der Waals surface area contributed by atoms with E-state index in [1.165, 1.54) is 0 Å². The van der Waals surface area contributed by atoms with Gasteiger partial charge in [0.2, 0.25) is 5.91 Å². The number of benzene rings is 1. The standard InChI is InChI=1S/C20H24N6O2/c1-28-16-5-3-2-4-14(16)12-17(27)25-10-6-15(13-25)18-19-20(23-9-8-22-19)26(24-18)11-7-21/h2-5,8-9,15H,6-7,10-13,21H2,1H3. The first kappa shape index (κ1) is 18.4. The van der Waals surface area contributed by atoms with Crippen molar-refractivity contribution in [3.05, 3.63) is 47.9 Å². The number of nitrogens with zero attached hydrogens (tertiary/aromatic N) is 5. The van der Waals surface area contributed by atoms with E-state index in [2.05, 4.69) is 9.97 Å². The van der Waals surface area contributed by atoms with E-state index < -0.39 is 0 Å². The quantitative estimate of drug-likeness (QED) is 0.693. The van der Waals surface area contributed by atoms with Crippen LogP contribution >= 0.6 is 0 Å². The Morgan fingerprint density at radius 1 is 1.29 bits per heavy atom. The number of carbonyl (C=O) groups is 1. The van der Waals surface area contributed by atoms with Crippen molar-refractivity contribution in [2.45, 2.75) is 25.3 Å². The van der Waals surface area contributed by atoms with Gasteiger partial charge in [0.25, 0.3) is 0 Å². The zero-order valence-corrected chi connectivity index (χ0v) is 15.9. The predicted molar refractivity (Wildman–Crippen MR) is 105 cm³/mol. The second kappa shape index (κ2) is 7.93. The minimum Gasteiger partial charge on any atom is -0.496 e. The zero-order chi connectivity index (χ0) is 19.5.